The number of aliphatic carboxylic acids is 1. The van der Waals surface area contributed by atoms with Gasteiger partial charge in [-0.15, -0.1) is 0 Å². The number of anilines is 1. The predicted octanol–water partition coefficient (Wildman–Crippen LogP) is -1.38. The summed E-state index contributed by atoms with van der Waals surface area (Å²) >= 11 is 0. The Kier molecular flexibility index (Phi) is 5.24. The van der Waals surface area contributed by atoms with Crippen LogP contribution in [0, 0.1) is 0 Å². The lowest BCUT2D eigenvalue weighted by Gasteiger charge is -2.18. The molecular formula is C11H16N4O5S. The van der Waals surface area contributed by atoms with Crippen molar-refractivity contribution >= 4 is 27.6 Å². The molecule has 1 aromatic carbocycles. The van der Waals surface area contributed by atoms with E-state index >= 15 is 0 Å². The van der Waals surface area contributed by atoms with Crippen LogP contribution in [0.4, 0.5) is 5.69 Å². The fourth-order valence-electron chi connectivity index (χ4n) is 1.34. The van der Waals surface area contributed by atoms with Gasteiger partial charge >= 0.3 is 5.97 Å². The highest BCUT2D eigenvalue weighted by molar-refractivity contribution is 7.89. The van der Waals surface area contributed by atoms with Crippen LogP contribution in [0.25, 0.3) is 0 Å². The quantitative estimate of drug-likeness (QED) is 0.403. The molecule has 0 aliphatic carbocycles. The van der Waals surface area contributed by atoms with E-state index in [4.69, 9.17) is 16.0 Å². The van der Waals surface area contributed by atoms with E-state index in [1.54, 1.807) is 0 Å². The van der Waals surface area contributed by atoms with Gasteiger partial charge in [0.15, 0.2) is 6.17 Å². The predicted molar refractivity (Wildman–Crippen MR) is 74.7 cm³/mol. The van der Waals surface area contributed by atoms with Crippen molar-refractivity contribution in [1.82, 2.24) is 5.32 Å². The molecule has 10 heteroatoms. The van der Waals surface area contributed by atoms with E-state index in [1.165, 1.54) is 31.2 Å². The molecule has 0 aliphatic heterocycles. The van der Waals surface area contributed by atoms with Gasteiger partial charge in [-0.05, 0) is 31.2 Å². The second kappa shape index (κ2) is 6.52. The molecule has 0 bridgehead atoms. The highest BCUT2D eigenvalue weighted by Gasteiger charge is 2.21. The van der Waals surface area contributed by atoms with E-state index in [0.29, 0.717) is 5.69 Å². The third-order valence-electron chi connectivity index (χ3n) is 2.44. The van der Waals surface area contributed by atoms with Gasteiger partial charge in [0.1, 0.15) is 0 Å². The molecule has 1 amide bonds. The molecule has 0 aromatic heterocycles. The van der Waals surface area contributed by atoms with Crippen molar-refractivity contribution in [3.63, 3.8) is 0 Å². The summed E-state index contributed by atoms with van der Waals surface area (Å²) in [5.41, 5.74) is 5.62. The monoisotopic (exact) mass is 316 g/mol. The van der Waals surface area contributed by atoms with Gasteiger partial charge in [0, 0.05) is 5.69 Å². The zero-order valence-electron chi connectivity index (χ0n) is 11.1. The Hall–Kier alpha value is -2.17. The molecule has 0 fully saturated rings. The number of nitrogens with one attached hydrogen (secondary N) is 2. The summed E-state index contributed by atoms with van der Waals surface area (Å²) in [6.45, 7) is 1.41. The van der Waals surface area contributed by atoms with Crippen LogP contribution in [0.15, 0.2) is 29.2 Å². The smallest absolute Gasteiger partial charge is 0.347 e. The largest absolute Gasteiger partial charge is 0.478 e. The van der Waals surface area contributed by atoms with E-state index in [1.807, 2.05) is 0 Å². The number of carbonyl (C=O) groups excluding carboxylic acids is 1. The number of sulfonamides is 1. The Labute approximate surface area is 121 Å². The number of carboxylic acid groups (broad SMARTS) is 1. The van der Waals surface area contributed by atoms with E-state index in [2.05, 4.69) is 10.6 Å². The van der Waals surface area contributed by atoms with Crippen molar-refractivity contribution in [2.75, 3.05) is 5.32 Å². The molecule has 7 N–H and O–H groups in total. The third kappa shape index (κ3) is 5.02. The molecule has 0 unspecified atom stereocenters. The zero-order valence-corrected chi connectivity index (χ0v) is 11.9. The number of primary sulfonamides is 1. The Morgan fingerprint density at radius 3 is 2.14 bits per heavy atom. The standard InChI is InChI=1S/C11H16N4O5S/c1-6(12)10(16)15-9(11(17)18)14-7-2-4-8(5-3-7)21(13,19)20/h2-6,9,14H,12H2,1H3,(H,15,16)(H,17,18)(H2,13,19,20)/t6-,9+/m0/s1. The fraction of sp³-hybridized carbons (Fsp3) is 0.273. The molecule has 9 nitrogen and oxygen atoms in total. The highest BCUT2D eigenvalue weighted by atomic mass is 32.2. The van der Waals surface area contributed by atoms with E-state index in [9.17, 15) is 18.0 Å². The number of amides is 1. The van der Waals surface area contributed by atoms with Gasteiger partial charge in [-0.1, -0.05) is 0 Å². The van der Waals surface area contributed by atoms with E-state index in [-0.39, 0.29) is 4.90 Å². The second-order valence-electron chi connectivity index (χ2n) is 4.28. The van der Waals surface area contributed by atoms with Gasteiger partial charge in [-0.25, -0.2) is 18.4 Å². The number of carboxylic acids is 1. The first-order valence-electron chi connectivity index (χ1n) is 5.79. The summed E-state index contributed by atoms with van der Waals surface area (Å²) in [6, 6.07) is 4.22. The van der Waals surface area contributed by atoms with Crippen LogP contribution in [-0.2, 0) is 19.6 Å². The molecule has 0 aliphatic rings. The molecule has 0 spiro atoms. The molecule has 0 saturated carbocycles. The number of nitrogens with two attached hydrogens (primary N) is 2. The van der Waals surface area contributed by atoms with Crippen LogP contribution in [-0.4, -0.2) is 37.6 Å². The minimum absolute atomic E-state index is 0.112. The van der Waals surface area contributed by atoms with Gasteiger partial charge < -0.3 is 21.5 Å². The molecule has 116 valence electrons. The highest BCUT2D eigenvalue weighted by Crippen LogP contribution is 2.13. The van der Waals surface area contributed by atoms with Gasteiger partial charge in [0.25, 0.3) is 0 Å². The van der Waals surface area contributed by atoms with Crippen LogP contribution in [0.5, 0.6) is 0 Å². The fourth-order valence-corrected chi connectivity index (χ4v) is 1.86. The summed E-state index contributed by atoms with van der Waals surface area (Å²) in [5, 5.41) is 18.7. The molecular weight excluding hydrogens is 300 g/mol. The zero-order chi connectivity index (χ0) is 16.2. The summed E-state index contributed by atoms with van der Waals surface area (Å²) in [4.78, 5) is 22.3. The molecule has 21 heavy (non-hydrogen) atoms. The maximum Gasteiger partial charge on any atom is 0.347 e. The van der Waals surface area contributed by atoms with Crippen LogP contribution in [0.1, 0.15) is 6.92 Å². The van der Waals surface area contributed by atoms with Crippen LogP contribution < -0.4 is 21.5 Å². The average Bonchev–Trinajstić information content (AvgIpc) is 2.37. The van der Waals surface area contributed by atoms with E-state index < -0.39 is 34.1 Å². The first-order valence-corrected chi connectivity index (χ1v) is 7.34. The molecule has 1 aromatic rings. The van der Waals surface area contributed by atoms with Crippen molar-refractivity contribution < 1.29 is 23.1 Å². The first kappa shape index (κ1) is 16.9. The van der Waals surface area contributed by atoms with Crippen LogP contribution >= 0.6 is 0 Å². The average molecular weight is 316 g/mol. The Morgan fingerprint density at radius 2 is 1.76 bits per heavy atom. The lowest BCUT2D eigenvalue weighted by atomic mass is 10.3. The van der Waals surface area contributed by atoms with Gasteiger partial charge in [0.2, 0.25) is 15.9 Å². The summed E-state index contributed by atoms with van der Waals surface area (Å²) in [7, 11) is -3.82. The molecule has 2 atom stereocenters. The normalized spacial score (nSPS) is 14.0. The maximum absolute atomic E-state index is 11.4. The second-order valence-corrected chi connectivity index (χ2v) is 5.84. The molecule has 0 radical (unpaired) electrons. The minimum atomic E-state index is -3.82. The number of hydrogen-bond donors (Lipinski definition) is 5. The number of carbonyl (C=O) groups is 2. The maximum atomic E-state index is 11.4. The van der Waals surface area contributed by atoms with Crippen LogP contribution in [0.3, 0.4) is 0 Å². The van der Waals surface area contributed by atoms with Crippen LogP contribution in [0.2, 0.25) is 0 Å². The Balaban J connectivity index is 2.85. The number of rotatable bonds is 6. The van der Waals surface area contributed by atoms with Gasteiger partial charge in [-0.2, -0.15) is 0 Å². The summed E-state index contributed by atoms with van der Waals surface area (Å²) < 4.78 is 22.2. The lowest BCUT2D eigenvalue weighted by molar-refractivity contribution is -0.141. The topological polar surface area (TPSA) is 165 Å². The summed E-state index contributed by atoms with van der Waals surface area (Å²) in [5.74, 6) is -1.96. The van der Waals surface area contributed by atoms with Crippen molar-refractivity contribution in [1.29, 1.82) is 0 Å². The molecule has 0 saturated heterocycles. The van der Waals surface area contributed by atoms with Gasteiger partial charge in [-0.3, -0.25) is 4.79 Å². The first-order chi connectivity index (χ1) is 9.61. The lowest BCUT2D eigenvalue weighted by Crippen LogP contribution is -2.51. The van der Waals surface area contributed by atoms with Crippen molar-refractivity contribution in [2.45, 2.75) is 24.0 Å². The third-order valence-corrected chi connectivity index (χ3v) is 3.37. The molecule has 0 heterocycles. The van der Waals surface area contributed by atoms with Gasteiger partial charge in [0.05, 0.1) is 10.9 Å². The Morgan fingerprint density at radius 1 is 1.24 bits per heavy atom. The minimum Gasteiger partial charge on any atom is -0.478 e. The Bertz CT molecular complexity index is 627. The summed E-state index contributed by atoms with van der Waals surface area (Å²) in [6.07, 6.45) is -1.40. The van der Waals surface area contributed by atoms with Crippen molar-refractivity contribution in [3.05, 3.63) is 24.3 Å². The number of hydrogen-bond acceptors (Lipinski definition) is 6. The number of benzene rings is 1. The van der Waals surface area contributed by atoms with Crippen molar-refractivity contribution in [2.24, 2.45) is 10.9 Å². The SMILES string of the molecule is C[C@H](N)C(=O)N[C@@H](Nc1ccc(S(N)(=O)=O)cc1)C(=O)O. The molecule has 1 rings (SSSR count). The van der Waals surface area contributed by atoms with E-state index in [0.717, 1.165) is 0 Å². The van der Waals surface area contributed by atoms with Crippen molar-refractivity contribution in [3.8, 4) is 0 Å².